The molecule has 0 saturated heterocycles. The second-order valence-electron chi connectivity index (χ2n) is 3.10. The summed E-state index contributed by atoms with van der Waals surface area (Å²) >= 11 is 0. The number of nitrogens with two attached hydrogens (primary N) is 1. The van der Waals surface area contributed by atoms with Gasteiger partial charge >= 0.3 is 0 Å². The van der Waals surface area contributed by atoms with E-state index >= 15 is 0 Å². The van der Waals surface area contributed by atoms with Crippen LogP contribution in [0.2, 0.25) is 0 Å². The third-order valence-electron chi connectivity index (χ3n) is 1.85. The Kier molecular flexibility index (Phi) is 6.20. The van der Waals surface area contributed by atoms with Crippen molar-refractivity contribution in [3.8, 4) is 5.88 Å². The van der Waals surface area contributed by atoms with Gasteiger partial charge in [-0.15, -0.1) is 0 Å². The minimum Gasteiger partial charge on any atom is -0.481 e. The number of hydrogen-bond donors (Lipinski definition) is 2. The Morgan fingerprint density at radius 3 is 3.06 bits per heavy atom. The van der Waals surface area contributed by atoms with Crippen molar-refractivity contribution in [2.24, 2.45) is 5.73 Å². The lowest BCUT2D eigenvalue weighted by Crippen LogP contribution is -2.12. The first-order chi connectivity index (χ1) is 7.86. The van der Waals surface area contributed by atoms with E-state index in [1.807, 2.05) is 0 Å². The predicted octanol–water partition coefficient (Wildman–Crippen LogP) is 0.262. The molecule has 0 fully saturated rings. The lowest BCUT2D eigenvalue weighted by atomic mass is 10.4. The Morgan fingerprint density at radius 2 is 2.31 bits per heavy atom. The van der Waals surface area contributed by atoms with E-state index in [-0.39, 0.29) is 0 Å². The van der Waals surface area contributed by atoms with Gasteiger partial charge in [0.2, 0.25) is 11.8 Å². The SMILES string of the molecule is COc1ccnc(NCCCOCCN)n1. The van der Waals surface area contributed by atoms with Crippen molar-refractivity contribution in [1.29, 1.82) is 0 Å². The second-order valence-corrected chi connectivity index (χ2v) is 3.10. The maximum atomic E-state index is 5.29. The molecule has 0 aliphatic rings. The fraction of sp³-hybridized carbons (Fsp3) is 0.600. The Labute approximate surface area is 95.2 Å². The molecule has 0 bridgehead atoms. The molecule has 1 aromatic rings. The molecule has 90 valence electrons. The molecular weight excluding hydrogens is 208 g/mol. The van der Waals surface area contributed by atoms with Crippen molar-refractivity contribution in [2.75, 3.05) is 38.7 Å². The Balaban J connectivity index is 2.16. The van der Waals surface area contributed by atoms with Crippen LogP contribution in [0, 0.1) is 0 Å². The highest BCUT2D eigenvalue weighted by Crippen LogP contribution is 2.06. The topological polar surface area (TPSA) is 82.3 Å². The molecule has 0 aliphatic carbocycles. The van der Waals surface area contributed by atoms with Crippen LogP contribution in [0.3, 0.4) is 0 Å². The van der Waals surface area contributed by atoms with E-state index in [0.29, 0.717) is 31.6 Å². The number of anilines is 1. The van der Waals surface area contributed by atoms with E-state index in [2.05, 4.69) is 15.3 Å². The number of nitrogens with one attached hydrogen (secondary N) is 1. The van der Waals surface area contributed by atoms with Crippen LogP contribution in [0.15, 0.2) is 12.3 Å². The summed E-state index contributed by atoms with van der Waals surface area (Å²) in [7, 11) is 1.58. The van der Waals surface area contributed by atoms with Crippen molar-refractivity contribution in [3.05, 3.63) is 12.3 Å². The second kappa shape index (κ2) is 7.84. The zero-order valence-electron chi connectivity index (χ0n) is 9.48. The van der Waals surface area contributed by atoms with E-state index in [1.165, 1.54) is 0 Å². The van der Waals surface area contributed by atoms with Gasteiger partial charge in [-0.25, -0.2) is 4.98 Å². The van der Waals surface area contributed by atoms with Crippen LogP contribution >= 0.6 is 0 Å². The van der Waals surface area contributed by atoms with E-state index in [9.17, 15) is 0 Å². The Morgan fingerprint density at radius 1 is 1.44 bits per heavy atom. The van der Waals surface area contributed by atoms with Crippen LogP contribution in [-0.2, 0) is 4.74 Å². The Bertz CT molecular complexity index is 296. The molecule has 1 heterocycles. The molecule has 0 unspecified atom stereocenters. The summed E-state index contributed by atoms with van der Waals surface area (Å²) in [5.41, 5.74) is 5.29. The number of hydrogen-bond acceptors (Lipinski definition) is 6. The van der Waals surface area contributed by atoms with Crippen LogP contribution in [-0.4, -0.2) is 43.4 Å². The van der Waals surface area contributed by atoms with E-state index in [0.717, 1.165) is 13.0 Å². The molecule has 0 spiro atoms. The average molecular weight is 226 g/mol. The highest BCUT2D eigenvalue weighted by atomic mass is 16.5. The quantitative estimate of drug-likeness (QED) is 0.619. The van der Waals surface area contributed by atoms with Crippen LogP contribution in [0.5, 0.6) is 5.88 Å². The van der Waals surface area contributed by atoms with Gasteiger partial charge < -0.3 is 20.5 Å². The van der Waals surface area contributed by atoms with Crippen LogP contribution < -0.4 is 15.8 Å². The largest absolute Gasteiger partial charge is 0.481 e. The van der Waals surface area contributed by atoms with Crippen molar-refractivity contribution in [3.63, 3.8) is 0 Å². The van der Waals surface area contributed by atoms with Gasteiger partial charge in [0.1, 0.15) is 0 Å². The number of nitrogens with zero attached hydrogens (tertiary/aromatic N) is 2. The van der Waals surface area contributed by atoms with E-state index in [1.54, 1.807) is 19.4 Å². The number of rotatable bonds is 8. The van der Waals surface area contributed by atoms with Gasteiger partial charge in [0.15, 0.2) is 0 Å². The molecule has 1 aromatic heterocycles. The van der Waals surface area contributed by atoms with Crippen molar-refractivity contribution in [2.45, 2.75) is 6.42 Å². The lowest BCUT2D eigenvalue weighted by Gasteiger charge is -2.06. The van der Waals surface area contributed by atoms with Gasteiger partial charge in [0, 0.05) is 32.0 Å². The van der Waals surface area contributed by atoms with Gasteiger partial charge in [0.25, 0.3) is 0 Å². The molecule has 3 N–H and O–H groups in total. The normalized spacial score (nSPS) is 10.1. The monoisotopic (exact) mass is 226 g/mol. The molecule has 6 nitrogen and oxygen atoms in total. The summed E-state index contributed by atoms with van der Waals surface area (Å²) in [5, 5.41) is 3.08. The van der Waals surface area contributed by atoms with Gasteiger partial charge in [-0.3, -0.25) is 0 Å². The molecule has 0 radical (unpaired) electrons. The summed E-state index contributed by atoms with van der Waals surface area (Å²) in [4.78, 5) is 8.18. The summed E-state index contributed by atoms with van der Waals surface area (Å²) in [5.74, 6) is 1.12. The highest BCUT2D eigenvalue weighted by molar-refractivity contribution is 5.26. The summed E-state index contributed by atoms with van der Waals surface area (Å²) in [6, 6.07) is 1.70. The van der Waals surface area contributed by atoms with Gasteiger partial charge in [-0.05, 0) is 6.42 Å². The smallest absolute Gasteiger partial charge is 0.225 e. The minimum atomic E-state index is 0.553. The van der Waals surface area contributed by atoms with Crippen LogP contribution in [0.1, 0.15) is 6.42 Å². The molecule has 1 rings (SSSR count). The standard InChI is InChI=1S/C10H18N4O2/c1-15-9-3-6-13-10(14-9)12-5-2-7-16-8-4-11/h3,6H,2,4-5,7-8,11H2,1H3,(H,12,13,14). The maximum absolute atomic E-state index is 5.29. The third kappa shape index (κ3) is 4.90. The average Bonchev–Trinajstić information content (AvgIpc) is 2.34. The molecule has 16 heavy (non-hydrogen) atoms. The molecule has 0 saturated carbocycles. The fourth-order valence-electron chi connectivity index (χ4n) is 1.10. The predicted molar refractivity (Wildman–Crippen MR) is 61.6 cm³/mol. The lowest BCUT2D eigenvalue weighted by molar-refractivity contribution is 0.141. The van der Waals surface area contributed by atoms with Gasteiger partial charge in [0.05, 0.1) is 13.7 Å². The number of methoxy groups -OCH3 is 1. The first-order valence-corrected chi connectivity index (χ1v) is 5.25. The van der Waals surface area contributed by atoms with Gasteiger partial charge in [-0.2, -0.15) is 4.98 Å². The van der Waals surface area contributed by atoms with Crippen molar-refractivity contribution >= 4 is 5.95 Å². The van der Waals surface area contributed by atoms with Crippen molar-refractivity contribution < 1.29 is 9.47 Å². The maximum Gasteiger partial charge on any atom is 0.225 e. The molecular formula is C10H18N4O2. The first kappa shape index (κ1) is 12.7. The zero-order chi connectivity index (χ0) is 11.6. The molecule has 0 atom stereocenters. The van der Waals surface area contributed by atoms with Crippen LogP contribution in [0.4, 0.5) is 5.95 Å². The highest BCUT2D eigenvalue weighted by Gasteiger charge is 1.97. The number of ether oxygens (including phenoxy) is 2. The molecule has 6 heteroatoms. The van der Waals surface area contributed by atoms with Gasteiger partial charge in [-0.1, -0.05) is 0 Å². The summed E-state index contributed by atoms with van der Waals surface area (Å²) < 4.78 is 10.2. The fourth-order valence-corrected chi connectivity index (χ4v) is 1.10. The number of aromatic nitrogens is 2. The molecule has 0 aliphatic heterocycles. The van der Waals surface area contributed by atoms with Crippen molar-refractivity contribution in [1.82, 2.24) is 9.97 Å². The third-order valence-corrected chi connectivity index (χ3v) is 1.85. The first-order valence-electron chi connectivity index (χ1n) is 5.25. The zero-order valence-corrected chi connectivity index (χ0v) is 9.48. The molecule has 0 aromatic carbocycles. The van der Waals surface area contributed by atoms with E-state index < -0.39 is 0 Å². The minimum absolute atomic E-state index is 0.553. The van der Waals surface area contributed by atoms with E-state index in [4.69, 9.17) is 15.2 Å². The summed E-state index contributed by atoms with van der Waals surface area (Å²) in [6.07, 6.45) is 2.54. The van der Waals surface area contributed by atoms with Crippen LogP contribution in [0.25, 0.3) is 0 Å². The molecule has 0 amide bonds. The summed E-state index contributed by atoms with van der Waals surface area (Å²) in [6.45, 7) is 2.62. The Hall–Kier alpha value is -1.40.